The fourth-order valence-corrected chi connectivity index (χ4v) is 9.62. The first-order chi connectivity index (χ1) is 35.3. The van der Waals surface area contributed by atoms with Gasteiger partial charge in [-0.05, 0) is 25.7 Å². The molecule has 10 heteroatoms. The molecule has 0 spiro atoms. The average Bonchev–Trinajstić information content (AvgIpc) is 3.66. The number of hydrogen-bond acceptors (Lipinski definition) is 10. The lowest BCUT2D eigenvalue weighted by molar-refractivity contribution is -0.172. The lowest BCUT2D eigenvalue weighted by atomic mass is 10.1. The van der Waals surface area contributed by atoms with E-state index in [4.69, 9.17) is 23.7 Å². The van der Waals surface area contributed by atoms with Gasteiger partial charge in [0.25, 0.3) is 5.76 Å². The summed E-state index contributed by atoms with van der Waals surface area (Å²) in [5.41, 5.74) is 0. The second kappa shape index (κ2) is 50.3. The zero-order valence-electron chi connectivity index (χ0n) is 47.4. The van der Waals surface area contributed by atoms with Crippen molar-refractivity contribution in [2.45, 2.75) is 348 Å². The van der Waals surface area contributed by atoms with Gasteiger partial charge in [0.2, 0.25) is 11.9 Å². The van der Waals surface area contributed by atoms with Gasteiger partial charge < -0.3 is 23.7 Å². The third-order valence-electron chi connectivity index (χ3n) is 14.3. The summed E-state index contributed by atoms with van der Waals surface area (Å²) < 4.78 is 29.0. The molecule has 1 aliphatic heterocycles. The second-order valence-corrected chi connectivity index (χ2v) is 21.3. The highest BCUT2D eigenvalue weighted by Gasteiger charge is 2.46. The number of esters is 5. The van der Waals surface area contributed by atoms with Crippen molar-refractivity contribution in [2.24, 2.45) is 0 Å². The highest BCUT2D eigenvalue weighted by molar-refractivity contribution is 5.93. The Bertz CT molecular complexity index is 1360. The standard InChI is InChI=1S/C62H112O10/c1-5-9-13-17-21-25-29-33-37-41-45-49-55(63)68-53-54(69-56(64)50-46-42-38-34-30-26-22-18-14-10-6-2)59-60(70-57(65)51-47-43-39-35-31-27-23-19-15-11-7-3)61(62(67)72-59)71-58(66)52-48-44-40-36-32-28-24-20-16-12-8-4/h54,59H,5-53H2,1-4H3/t54-,59+/m0/s1. The van der Waals surface area contributed by atoms with Crippen molar-refractivity contribution in [2.75, 3.05) is 6.61 Å². The van der Waals surface area contributed by atoms with Gasteiger partial charge in [0.1, 0.15) is 6.61 Å². The molecule has 0 unspecified atom stereocenters. The third-order valence-corrected chi connectivity index (χ3v) is 14.3. The molecule has 0 aromatic heterocycles. The number of ether oxygens (including phenoxy) is 5. The van der Waals surface area contributed by atoms with E-state index in [9.17, 15) is 24.0 Å². The van der Waals surface area contributed by atoms with Gasteiger partial charge in [-0.2, -0.15) is 0 Å². The Morgan fingerprint density at radius 1 is 0.361 bits per heavy atom. The molecular formula is C62H112O10. The Balaban J connectivity index is 3.01. The summed E-state index contributed by atoms with van der Waals surface area (Å²) in [6.45, 7) is 8.53. The van der Waals surface area contributed by atoms with Crippen molar-refractivity contribution in [3.63, 3.8) is 0 Å². The summed E-state index contributed by atoms with van der Waals surface area (Å²) in [6, 6.07) is 0. The number of cyclic esters (lactones) is 1. The fourth-order valence-electron chi connectivity index (χ4n) is 9.62. The van der Waals surface area contributed by atoms with Crippen LogP contribution in [0.5, 0.6) is 0 Å². The predicted octanol–water partition coefficient (Wildman–Crippen LogP) is 18.5. The van der Waals surface area contributed by atoms with E-state index in [0.717, 1.165) is 77.0 Å². The third kappa shape index (κ3) is 39.5. The Hall–Kier alpha value is -2.91. The van der Waals surface area contributed by atoms with Crippen LogP contribution in [0, 0.1) is 0 Å². The molecule has 0 saturated carbocycles. The minimum Gasteiger partial charge on any atom is -0.462 e. The van der Waals surface area contributed by atoms with Crippen LogP contribution in [-0.4, -0.2) is 48.7 Å². The van der Waals surface area contributed by atoms with Crippen molar-refractivity contribution in [3.8, 4) is 0 Å². The van der Waals surface area contributed by atoms with E-state index in [1.54, 1.807) is 0 Å². The van der Waals surface area contributed by atoms with Gasteiger partial charge in [-0.1, -0.05) is 285 Å². The number of rotatable bonds is 54. The monoisotopic (exact) mass is 1020 g/mol. The van der Waals surface area contributed by atoms with Gasteiger partial charge in [-0.25, -0.2) is 4.79 Å². The fraction of sp³-hybridized carbons (Fsp3) is 0.887. The maximum atomic E-state index is 13.6. The van der Waals surface area contributed by atoms with Crippen LogP contribution in [-0.2, 0) is 47.7 Å². The van der Waals surface area contributed by atoms with Crippen LogP contribution in [0.4, 0.5) is 0 Å². The molecule has 0 N–H and O–H groups in total. The predicted molar refractivity (Wildman–Crippen MR) is 294 cm³/mol. The van der Waals surface area contributed by atoms with Crippen molar-refractivity contribution >= 4 is 29.8 Å². The van der Waals surface area contributed by atoms with E-state index < -0.39 is 54.4 Å². The van der Waals surface area contributed by atoms with E-state index >= 15 is 0 Å². The molecule has 0 amide bonds. The number of carbonyl (C=O) groups excluding carboxylic acids is 5. The Labute approximate surface area is 442 Å². The van der Waals surface area contributed by atoms with Crippen molar-refractivity contribution in [3.05, 3.63) is 11.5 Å². The normalized spacial score (nSPS) is 13.9. The second-order valence-electron chi connectivity index (χ2n) is 21.3. The molecule has 10 nitrogen and oxygen atoms in total. The number of carbonyl (C=O) groups is 5. The lowest BCUT2D eigenvalue weighted by Gasteiger charge is -2.24. The van der Waals surface area contributed by atoms with Crippen LogP contribution in [0.1, 0.15) is 336 Å². The first-order valence-electron chi connectivity index (χ1n) is 31.0. The van der Waals surface area contributed by atoms with E-state index in [-0.39, 0.29) is 31.4 Å². The van der Waals surface area contributed by atoms with E-state index in [1.807, 2.05) is 0 Å². The number of hydrogen-bond donors (Lipinski definition) is 0. The molecule has 0 aromatic carbocycles. The smallest absolute Gasteiger partial charge is 0.379 e. The number of unbranched alkanes of at least 4 members (excludes halogenated alkanes) is 40. The van der Waals surface area contributed by atoms with Crippen molar-refractivity contribution < 1.29 is 47.7 Å². The highest BCUT2D eigenvalue weighted by atomic mass is 16.7. The highest BCUT2D eigenvalue weighted by Crippen LogP contribution is 2.31. The molecule has 0 fully saturated rings. The van der Waals surface area contributed by atoms with Crippen LogP contribution < -0.4 is 0 Å². The lowest BCUT2D eigenvalue weighted by Crippen LogP contribution is -2.38. The van der Waals surface area contributed by atoms with Crippen molar-refractivity contribution in [1.82, 2.24) is 0 Å². The van der Waals surface area contributed by atoms with Gasteiger partial charge >= 0.3 is 29.8 Å². The Morgan fingerprint density at radius 2 is 0.625 bits per heavy atom. The summed E-state index contributed by atoms with van der Waals surface area (Å²) in [5.74, 6) is -3.97. The maximum absolute atomic E-state index is 13.6. The molecule has 0 bridgehead atoms. The quantitative estimate of drug-likeness (QED) is 0.0330. The summed E-state index contributed by atoms with van der Waals surface area (Å²) in [7, 11) is 0. The minimum absolute atomic E-state index is 0.0897. The first kappa shape index (κ1) is 67.1. The van der Waals surface area contributed by atoms with Crippen LogP contribution in [0.3, 0.4) is 0 Å². The van der Waals surface area contributed by atoms with Crippen LogP contribution in [0.2, 0.25) is 0 Å². The summed E-state index contributed by atoms with van der Waals surface area (Å²) in [4.78, 5) is 66.9. The molecule has 0 aliphatic carbocycles. The van der Waals surface area contributed by atoms with Gasteiger partial charge in [-0.15, -0.1) is 0 Å². The Morgan fingerprint density at radius 3 is 0.944 bits per heavy atom. The van der Waals surface area contributed by atoms with Gasteiger partial charge in [0, 0.05) is 25.7 Å². The molecule has 1 rings (SSSR count). The molecular weight excluding hydrogens is 905 g/mol. The molecule has 0 saturated heterocycles. The average molecular weight is 1020 g/mol. The van der Waals surface area contributed by atoms with Crippen molar-refractivity contribution in [1.29, 1.82) is 0 Å². The van der Waals surface area contributed by atoms with E-state index in [0.29, 0.717) is 25.7 Å². The zero-order valence-corrected chi connectivity index (χ0v) is 47.4. The summed E-state index contributed by atoms with van der Waals surface area (Å²) in [6.07, 6.45) is 47.9. The molecule has 0 aromatic rings. The molecule has 1 aliphatic rings. The van der Waals surface area contributed by atoms with Crippen LogP contribution in [0.15, 0.2) is 11.5 Å². The van der Waals surface area contributed by atoms with Gasteiger partial charge in [0.15, 0.2) is 6.10 Å². The summed E-state index contributed by atoms with van der Waals surface area (Å²) >= 11 is 0. The van der Waals surface area contributed by atoms with E-state index in [2.05, 4.69) is 27.7 Å². The topological polar surface area (TPSA) is 132 Å². The zero-order chi connectivity index (χ0) is 52.4. The van der Waals surface area contributed by atoms with Gasteiger partial charge in [-0.3, -0.25) is 19.2 Å². The minimum atomic E-state index is -1.43. The molecule has 1 heterocycles. The van der Waals surface area contributed by atoms with Crippen LogP contribution >= 0.6 is 0 Å². The molecule has 2 atom stereocenters. The SMILES string of the molecule is CCCCCCCCCCCCCC(=O)OC[C@H](OC(=O)CCCCCCCCCCCCC)[C@H]1OC(=O)C(OC(=O)CCCCCCCCCCCCC)=C1OC(=O)CCCCCCCCCCCCC. The molecule has 0 radical (unpaired) electrons. The Kier molecular flexibility index (Phi) is 46.8. The molecule has 72 heavy (non-hydrogen) atoms. The van der Waals surface area contributed by atoms with Gasteiger partial charge in [0.05, 0.1) is 0 Å². The largest absolute Gasteiger partial charge is 0.462 e. The summed E-state index contributed by atoms with van der Waals surface area (Å²) in [5, 5.41) is 0. The maximum Gasteiger partial charge on any atom is 0.379 e. The van der Waals surface area contributed by atoms with E-state index in [1.165, 1.54) is 180 Å². The molecule has 420 valence electrons. The van der Waals surface area contributed by atoms with Crippen LogP contribution in [0.25, 0.3) is 0 Å². The first-order valence-corrected chi connectivity index (χ1v) is 31.0.